The van der Waals surface area contributed by atoms with Crippen LogP contribution in [0.25, 0.3) is 0 Å². The van der Waals surface area contributed by atoms with Gasteiger partial charge in [-0.15, -0.1) is 0 Å². The second-order valence-corrected chi connectivity index (χ2v) is 4.18. The maximum absolute atomic E-state index is 12.9. The molecule has 1 atom stereocenters. The maximum Gasteiger partial charge on any atom is 0.399 e. The molecule has 0 saturated carbocycles. The number of anilines is 1. The molecule has 0 amide bonds. The predicted octanol–water partition coefficient (Wildman–Crippen LogP) is 3.24. The van der Waals surface area contributed by atoms with Crippen LogP contribution in [0, 0.1) is 6.92 Å². The number of para-hydroxylation sites is 1. The third-order valence-electron chi connectivity index (χ3n) is 3.11. The van der Waals surface area contributed by atoms with Crippen LogP contribution in [-0.4, -0.2) is 12.7 Å². The van der Waals surface area contributed by atoms with E-state index in [0.717, 1.165) is 5.56 Å². The Bertz CT molecular complexity index is 397. The Hall–Kier alpha value is -1.19. The molecule has 1 unspecified atom stereocenters. The molecule has 0 bridgehead atoms. The van der Waals surface area contributed by atoms with Crippen molar-refractivity contribution in [2.75, 3.05) is 11.9 Å². The first kappa shape index (κ1) is 10.3. The molecule has 1 aliphatic rings. The molecule has 1 nitrogen and oxygen atoms in total. The molecule has 0 radical (unpaired) electrons. The molecule has 2 rings (SSSR count). The predicted molar refractivity (Wildman–Crippen MR) is 53.1 cm³/mol. The van der Waals surface area contributed by atoms with Gasteiger partial charge in [-0.1, -0.05) is 18.2 Å². The molecule has 0 aromatic heterocycles. The minimum atomic E-state index is -4.21. The molecule has 1 aromatic rings. The molecular formula is C11H12F3N. The van der Waals surface area contributed by atoms with Crippen LogP contribution >= 0.6 is 0 Å². The molecule has 1 N–H and O–H groups in total. The van der Waals surface area contributed by atoms with Crippen LogP contribution in [0.15, 0.2) is 18.2 Å². The fraction of sp³-hybridized carbons (Fsp3) is 0.455. The topological polar surface area (TPSA) is 12.0 Å². The number of hydrogen-bond acceptors (Lipinski definition) is 1. The molecular weight excluding hydrogens is 203 g/mol. The average Bonchev–Trinajstić information content (AvgIpc) is 2.46. The highest BCUT2D eigenvalue weighted by molar-refractivity contribution is 5.65. The number of halogens is 3. The normalized spacial score (nSPS) is 24.9. The van der Waals surface area contributed by atoms with Gasteiger partial charge in [-0.05, 0) is 25.0 Å². The van der Waals surface area contributed by atoms with E-state index in [1.165, 1.54) is 6.92 Å². The summed E-state index contributed by atoms with van der Waals surface area (Å²) in [6, 6.07) is 5.04. The number of alkyl halides is 3. The smallest absolute Gasteiger partial charge is 0.383 e. The van der Waals surface area contributed by atoms with Gasteiger partial charge in [-0.2, -0.15) is 13.2 Å². The fourth-order valence-electron chi connectivity index (χ4n) is 1.98. The molecule has 0 saturated heterocycles. The van der Waals surface area contributed by atoms with Gasteiger partial charge in [0.2, 0.25) is 0 Å². The van der Waals surface area contributed by atoms with Crippen molar-refractivity contribution < 1.29 is 13.2 Å². The lowest BCUT2D eigenvalue weighted by Gasteiger charge is -2.27. The highest BCUT2D eigenvalue weighted by Crippen LogP contribution is 2.48. The summed E-state index contributed by atoms with van der Waals surface area (Å²) in [5.74, 6) is 0. The van der Waals surface area contributed by atoms with Gasteiger partial charge in [0, 0.05) is 12.2 Å². The van der Waals surface area contributed by atoms with Gasteiger partial charge >= 0.3 is 6.18 Å². The SMILES string of the molecule is Cc1cccc2c1NCC2(C)C(F)(F)F. The van der Waals surface area contributed by atoms with Crippen LogP contribution < -0.4 is 5.32 Å². The van der Waals surface area contributed by atoms with E-state index in [0.29, 0.717) is 11.3 Å². The minimum absolute atomic E-state index is 0.0727. The van der Waals surface area contributed by atoms with E-state index in [2.05, 4.69) is 5.32 Å². The molecule has 1 heterocycles. The summed E-state index contributed by atoms with van der Waals surface area (Å²) in [5, 5.41) is 2.85. The first-order valence-corrected chi connectivity index (χ1v) is 4.77. The van der Waals surface area contributed by atoms with Crippen molar-refractivity contribution in [3.63, 3.8) is 0 Å². The van der Waals surface area contributed by atoms with Gasteiger partial charge in [0.15, 0.2) is 0 Å². The second kappa shape index (κ2) is 2.90. The monoisotopic (exact) mass is 215 g/mol. The Morgan fingerprint density at radius 3 is 2.60 bits per heavy atom. The summed E-state index contributed by atoms with van der Waals surface area (Å²) in [6.07, 6.45) is -4.21. The Morgan fingerprint density at radius 2 is 2.00 bits per heavy atom. The van der Waals surface area contributed by atoms with E-state index in [4.69, 9.17) is 0 Å². The third-order valence-corrected chi connectivity index (χ3v) is 3.11. The van der Waals surface area contributed by atoms with E-state index in [9.17, 15) is 13.2 Å². The first-order valence-electron chi connectivity index (χ1n) is 4.77. The zero-order chi connectivity index (χ0) is 11.3. The lowest BCUT2D eigenvalue weighted by Crippen LogP contribution is -2.41. The summed E-state index contributed by atoms with van der Waals surface area (Å²) in [6.45, 7) is 2.98. The summed E-state index contributed by atoms with van der Waals surface area (Å²) in [7, 11) is 0. The van der Waals surface area contributed by atoms with Crippen LogP contribution in [0.2, 0.25) is 0 Å². The van der Waals surface area contributed by atoms with Gasteiger partial charge in [-0.3, -0.25) is 0 Å². The van der Waals surface area contributed by atoms with Gasteiger partial charge in [0.25, 0.3) is 0 Å². The van der Waals surface area contributed by atoms with Crippen molar-refractivity contribution in [2.45, 2.75) is 25.4 Å². The van der Waals surface area contributed by atoms with Crippen molar-refractivity contribution in [3.8, 4) is 0 Å². The second-order valence-electron chi connectivity index (χ2n) is 4.18. The zero-order valence-corrected chi connectivity index (χ0v) is 8.57. The Kier molecular flexibility index (Phi) is 2.00. The van der Waals surface area contributed by atoms with Gasteiger partial charge in [-0.25, -0.2) is 0 Å². The van der Waals surface area contributed by atoms with Crippen molar-refractivity contribution in [2.24, 2.45) is 0 Å². The first-order chi connectivity index (χ1) is 6.86. The molecule has 0 fully saturated rings. The summed E-state index contributed by atoms with van der Waals surface area (Å²) >= 11 is 0. The van der Waals surface area contributed by atoms with Crippen LogP contribution in [0.5, 0.6) is 0 Å². The highest BCUT2D eigenvalue weighted by atomic mass is 19.4. The zero-order valence-electron chi connectivity index (χ0n) is 8.57. The van der Waals surface area contributed by atoms with Gasteiger partial charge in [0.05, 0.1) is 0 Å². The molecule has 1 aliphatic heterocycles. The third kappa shape index (κ3) is 1.31. The number of nitrogens with one attached hydrogen (secondary N) is 1. The van der Waals surface area contributed by atoms with Crippen LogP contribution in [0.3, 0.4) is 0 Å². The molecule has 0 aliphatic carbocycles. The van der Waals surface area contributed by atoms with E-state index >= 15 is 0 Å². The molecule has 0 spiro atoms. The Balaban J connectivity index is 2.58. The van der Waals surface area contributed by atoms with E-state index < -0.39 is 11.6 Å². The lowest BCUT2D eigenvalue weighted by atomic mass is 9.83. The van der Waals surface area contributed by atoms with Crippen molar-refractivity contribution >= 4 is 5.69 Å². The Labute approximate surface area is 86.3 Å². The summed E-state index contributed by atoms with van der Waals surface area (Å²) in [4.78, 5) is 0. The number of benzene rings is 1. The van der Waals surface area contributed by atoms with Crippen LogP contribution in [0.4, 0.5) is 18.9 Å². The molecule has 4 heteroatoms. The number of rotatable bonds is 0. The molecule has 82 valence electrons. The van der Waals surface area contributed by atoms with Crippen molar-refractivity contribution in [1.82, 2.24) is 0 Å². The summed E-state index contributed by atoms with van der Waals surface area (Å²) < 4.78 is 38.7. The number of hydrogen-bond donors (Lipinski definition) is 1. The maximum atomic E-state index is 12.9. The summed E-state index contributed by atoms with van der Waals surface area (Å²) in [5.41, 5.74) is 0.0988. The lowest BCUT2D eigenvalue weighted by molar-refractivity contribution is -0.179. The van der Waals surface area contributed by atoms with Crippen LogP contribution in [-0.2, 0) is 5.41 Å². The van der Waals surface area contributed by atoms with E-state index in [-0.39, 0.29) is 6.54 Å². The Morgan fingerprint density at radius 1 is 1.33 bits per heavy atom. The number of aryl methyl sites for hydroxylation is 1. The average molecular weight is 215 g/mol. The largest absolute Gasteiger partial charge is 0.399 e. The number of fused-ring (bicyclic) bond motifs is 1. The van der Waals surface area contributed by atoms with E-state index in [1.807, 2.05) is 13.0 Å². The van der Waals surface area contributed by atoms with Crippen LogP contribution in [0.1, 0.15) is 18.1 Å². The highest BCUT2D eigenvalue weighted by Gasteiger charge is 2.55. The van der Waals surface area contributed by atoms with Crippen molar-refractivity contribution in [3.05, 3.63) is 29.3 Å². The minimum Gasteiger partial charge on any atom is -0.383 e. The van der Waals surface area contributed by atoms with Crippen molar-refractivity contribution in [1.29, 1.82) is 0 Å². The van der Waals surface area contributed by atoms with Gasteiger partial charge < -0.3 is 5.32 Å². The molecule has 15 heavy (non-hydrogen) atoms. The fourth-order valence-corrected chi connectivity index (χ4v) is 1.98. The van der Waals surface area contributed by atoms with E-state index in [1.54, 1.807) is 12.1 Å². The molecule has 1 aromatic carbocycles. The quantitative estimate of drug-likeness (QED) is 0.700. The standard InChI is InChI=1S/C11H12F3N/c1-7-4-3-5-8-9(7)15-6-10(8,2)11(12,13)14/h3-5,15H,6H2,1-2H3. The van der Waals surface area contributed by atoms with Gasteiger partial charge in [0.1, 0.15) is 5.41 Å².